The standard InChI is InChI=1S/C20H27N3O2/c1-25-19-9-5-8-18(14-19)15-22-20(24)16-23(13-11-21)12-10-17-6-3-2-4-7-17/h2-9,14H,10-13,15-16,21H2,1H3,(H,22,24). The van der Waals surface area contributed by atoms with Gasteiger partial charge in [0.1, 0.15) is 5.75 Å². The molecule has 5 heteroatoms. The lowest BCUT2D eigenvalue weighted by Gasteiger charge is -2.21. The van der Waals surface area contributed by atoms with E-state index in [9.17, 15) is 4.79 Å². The van der Waals surface area contributed by atoms with Gasteiger partial charge in [0.2, 0.25) is 5.91 Å². The van der Waals surface area contributed by atoms with Crippen molar-refractivity contribution in [1.82, 2.24) is 10.2 Å². The molecule has 0 aliphatic carbocycles. The van der Waals surface area contributed by atoms with Crippen LogP contribution in [0.15, 0.2) is 54.6 Å². The Morgan fingerprint density at radius 2 is 1.84 bits per heavy atom. The van der Waals surface area contributed by atoms with E-state index in [0.717, 1.165) is 24.3 Å². The third-order valence-electron chi connectivity index (χ3n) is 4.00. The molecule has 0 aliphatic heterocycles. The second-order valence-electron chi connectivity index (χ2n) is 5.93. The largest absolute Gasteiger partial charge is 0.497 e. The fourth-order valence-electron chi connectivity index (χ4n) is 2.63. The molecule has 0 saturated carbocycles. The summed E-state index contributed by atoms with van der Waals surface area (Å²) in [5, 5.41) is 2.96. The van der Waals surface area contributed by atoms with Crippen LogP contribution in [-0.4, -0.2) is 44.1 Å². The van der Waals surface area contributed by atoms with Crippen LogP contribution in [0.5, 0.6) is 5.75 Å². The highest BCUT2D eigenvalue weighted by molar-refractivity contribution is 5.78. The van der Waals surface area contributed by atoms with E-state index in [-0.39, 0.29) is 5.91 Å². The first kappa shape index (κ1) is 19.0. The molecule has 2 aromatic carbocycles. The molecule has 25 heavy (non-hydrogen) atoms. The third kappa shape index (κ3) is 6.95. The molecule has 0 saturated heterocycles. The van der Waals surface area contributed by atoms with Crippen LogP contribution < -0.4 is 15.8 Å². The van der Waals surface area contributed by atoms with Gasteiger partial charge in [0.05, 0.1) is 13.7 Å². The zero-order chi connectivity index (χ0) is 17.9. The molecule has 0 aliphatic rings. The average molecular weight is 341 g/mol. The molecule has 2 aromatic rings. The van der Waals surface area contributed by atoms with Crippen LogP contribution in [0.2, 0.25) is 0 Å². The minimum absolute atomic E-state index is 0.00401. The number of hydrogen-bond donors (Lipinski definition) is 2. The number of methoxy groups -OCH3 is 1. The Labute approximate surface area is 149 Å². The summed E-state index contributed by atoms with van der Waals surface area (Å²) in [4.78, 5) is 14.3. The number of amides is 1. The smallest absolute Gasteiger partial charge is 0.234 e. The topological polar surface area (TPSA) is 67.6 Å². The Hall–Kier alpha value is -2.37. The maximum absolute atomic E-state index is 12.2. The first-order valence-electron chi connectivity index (χ1n) is 8.57. The van der Waals surface area contributed by atoms with E-state index in [1.54, 1.807) is 7.11 Å². The van der Waals surface area contributed by atoms with Crippen LogP contribution in [-0.2, 0) is 17.8 Å². The van der Waals surface area contributed by atoms with Gasteiger partial charge in [-0.05, 0) is 29.7 Å². The van der Waals surface area contributed by atoms with Crippen molar-refractivity contribution < 1.29 is 9.53 Å². The monoisotopic (exact) mass is 341 g/mol. The Bertz CT molecular complexity index is 646. The minimum atomic E-state index is 0.00401. The van der Waals surface area contributed by atoms with Crippen molar-refractivity contribution in [1.29, 1.82) is 0 Å². The number of rotatable bonds is 10. The van der Waals surface area contributed by atoms with Crippen LogP contribution in [0.25, 0.3) is 0 Å². The molecule has 2 rings (SSSR count). The Morgan fingerprint density at radius 1 is 1.08 bits per heavy atom. The summed E-state index contributed by atoms with van der Waals surface area (Å²) >= 11 is 0. The number of nitrogens with one attached hydrogen (secondary N) is 1. The number of nitrogens with two attached hydrogens (primary N) is 1. The highest BCUT2D eigenvalue weighted by Gasteiger charge is 2.10. The Balaban J connectivity index is 1.80. The number of ether oxygens (including phenoxy) is 1. The molecule has 5 nitrogen and oxygen atoms in total. The lowest BCUT2D eigenvalue weighted by atomic mass is 10.1. The molecule has 0 unspecified atom stereocenters. The minimum Gasteiger partial charge on any atom is -0.497 e. The van der Waals surface area contributed by atoms with Gasteiger partial charge in [-0.15, -0.1) is 0 Å². The lowest BCUT2D eigenvalue weighted by Crippen LogP contribution is -2.40. The van der Waals surface area contributed by atoms with Gasteiger partial charge in [-0.3, -0.25) is 9.69 Å². The predicted molar refractivity (Wildman–Crippen MR) is 100 cm³/mol. The number of hydrogen-bond acceptors (Lipinski definition) is 4. The molecule has 1 amide bonds. The van der Waals surface area contributed by atoms with Crippen molar-refractivity contribution >= 4 is 5.91 Å². The van der Waals surface area contributed by atoms with Crippen molar-refractivity contribution in [3.05, 3.63) is 65.7 Å². The molecule has 0 bridgehead atoms. The quantitative estimate of drug-likeness (QED) is 0.692. The van der Waals surface area contributed by atoms with Gasteiger partial charge in [0, 0.05) is 26.2 Å². The molecule has 0 spiro atoms. The van der Waals surface area contributed by atoms with Crippen LogP contribution >= 0.6 is 0 Å². The van der Waals surface area contributed by atoms with E-state index in [1.165, 1.54) is 5.56 Å². The first-order chi connectivity index (χ1) is 12.2. The van der Waals surface area contributed by atoms with Crippen LogP contribution in [0.4, 0.5) is 0 Å². The second-order valence-corrected chi connectivity index (χ2v) is 5.93. The van der Waals surface area contributed by atoms with Crippen molar-refractivity contribution in [2.24, 2.45) is 5.73 Å². The SMILES string of the molecule is COc1cccc(CNC(=O)CN(CCN)CCc2ccccc2)c1. The highest BCUT2D eigenvalue weighted by atomic mass is 16.5. The van der Waals surface area contributed by atoms with E-state index < -0.39 is 0 Å². The summed E-state index contributed by atoms with van der Waals surface area (Å²) in [6, 6.07) is 18.0. The van der Waals surface area contributed by atoms with Crippen molar-refractivity contribution in [3.63, 3.8) is 0 Å². The maximum Gasteiger partial charge on any atom is 0.234 e. The lowest BCUT2D eigenvalue weighted by molar-refractivity contribution is -0.122. The van der Waals surface area contributed by atoms with E-state index >= 15 is 0 Å². The van der Waals surface area contributed by atoms with Gasteiger partial charge in [-0.1, -0.05) is 42.5 Å². The molecule has 0 aromatic heterocycles. The summed E-state index contributed by atoms with van der Waals surface area (Å²) < 4.78 is 5.20. The molecule has 0 atom stereocenters. The zero-order valence-electron chi connectivity index (χ0n) is 14.8. The Kier molecular flexibility index (Phi) is 7.95. The van der Waals surface area contributed by atoms with Gasteiger partial charge in [-0.25, -0.2) is 0 Å². The molecule has 3 N–H and O–H groups in total. The number of carbonyl (C=O) groups is 1. The summed E-state index contributed by atoms with van der Waals surface area (Å²) in [6.45, 7) is 2.91. The van der Waals surface area contributed by atoms with Gasteiger partial charge in [0.25, 0.3) is 0 Å². The summed E-state index contributed by atoms with van der Waals surface area (Å²) in [6.07, 6.45) is 0.907. The van der Waals surface area contributed by atoms with E-state index in [0.29, 0.717) is 26.2 Å². The first-order valence-corrected chi connectivity index (χ1v) is 8.57. The van der Waals surface area contributed by atoms with Gasteiger partial charge >= 0.3 is 0 Å². The molecule has 0 radical (unpaired) electrons. The zero-order valence-corrected chi connectivity index (χ0v) is 14.8. The summed E-state index contributed by atoms with van der Waals surface area (Å²) in [5.74, 6) is 0.795. The Morgan fingerprint density at radius 3 is 2.56 bits per heavy atom. The van der Waals surface area contributed by atoms with Crippen LogP contribution in [0.1, 0.15) is 11.1 Å². The van der Waals surface area contributed by atoms with E-state index in [4.69, 9.17) is 10.5 Å². The number of nitrogens with zero attached hydrogens (tertiary/aromatic N) is 1. The molecule has 134 valence electrons. The maximum atomic E-state index is 12.2. The van der Waals surface area contributed by atoms with Crippen molar-refractivity contribution in [2.75, 3.05) is 33.3 Å². The molecule has 0 heterocycles. The fraction of sp³-hybridized carbons (Fsp3) is 0.350. The summed E-state index contributed by atoms with van der Waals surface area (Å²) in [7, 11) is 1.63. The third-order valence-corrected chi connectivity index (χ3v) is 4.00. The fourth-order valence-corrected chi connectivity index (χ4v) is 2.63. The molecule has 0 fully saturated rings. The van der Waals surface area contributed by atoms with Crippen molar-refractivity contribution in [3.8, 4) is 5.75 Å². The summed E-state index contributed by atoms with van der Waals surface area (Å²) in [5.41, 5.74) is 7.96. The van der Waals surface area contributed by atoms with Crippen LogP contribution in [0, 0.1) is 0 Å². The normalized spacial score (nSPS) is 10.7. The number of benzene rings is 2. The molecular formula is C20H27N3O2. The highest BCUT2D eigenvalue weighted by Crippen LogP contribution is 2.12. The van der Waals surface area contributed by atoms with Gasteiger partial charge in [-0.2, -0.15) is 0 Å². The average Bonchev–Trinajstić information content (AvgIpc) is 2.65. The van der Waals surface area contributed by atoms with E-state index in [2.05, 4.69) is 22.3 Å². The second kappa shape index (κ2) is 10.5. The predicted octanol–water partition coefficient (Wildman–Crippen LogP) is 1.81. The van der Waals surface area contributed by atoms with Gasteiger partial charge in [0.15, 0.2) is 0 Å². The van der Waals surface area contributed by atoms with Crippen LogP contribution in [0.3, 0.4) is 0 Å². The molecular weight excluding hydrogens is 314 g/mol. The van der Waals surface area contributed by atoms with E-state index in [1.807, 2.05) is 42.5 Å². The van der Waals surface area contributed by atoms with Gasteiger partial charge < -0.3 is 15.8 Å². The number of carbonyl (C=O) groups excluding carboxylic acids is 1. The van der Waals surface area contributed by atoms with Crippen molar-refractivity contribution in [2.45, 2.75) is 13.0 Å².